The van der Waals surface area contributed by atoms with Gasteiger partial charge in [-0.25, -0.2) is 14.6 Å². The van der Waals surface area contributed by atoms with Gasteiger partial charge in [-0.15, -0.1) is 0 Å². The highest BCUT2D eigenvalue weighted by Gasteiger charge is 2.38. The van der Waals surface area contributed by atoms with Crippen LogP contribution in [0.1, 0.15) is 33.1 Å². The number of aryl methyl sites for hydroxylation is 1. The van der Waals surface area contributed by atoms with Crippen molar-refractivity contribution in [2.24, 2.45) is 0 Å². The van der Waals surface area contributed by atoms with Gasteiger partial charge in [-0.1, -0.05) is 23.4 Å². The molecule has 0 bridgehead atoms. The van der Waals surface area contributed by atoms with Gasteiger partial charge in [-0.2, -0.15) is 18.2 Å². The number of aromatic nitrogens is 3. The lowest BCUT2D eigenvalue weighted by Gasteiger charge is -2.10. The minimum absolute atomic E-state index is 0.0580. The number of nitrogens with zero attached hydrogens (tertiary/aromatic N) is 3. The van der Waals surface area contributed by atoms with E-state index in [0.29, 0.717) is 22.3 Å². The van der Waals surface area contributed by atoms with E-state index >= 15 is 0 Å². The minimum Gasteiger partial charge on any atom is -0.464 e. The van der Waals surface area contributed by atoms with Gasteiger partial charge in [-0.05, 0) is 30.2 Å². The summed E-state index contributed by atoms with van der Waals surface area (Å²) in [7, 11) is 1.25. The van der Waals surface area contributed by atoms with Crippen LogP contribution >= 0.6 is 0 Å². The predicted molar refractivity (Wildman–Crippen MR) is 102 cm³/mol. The Morgan fingerprint density at radius 3 is 2.56 bits per heavy atom. The molecule has 3 aromatic rings. The number of benzene rings is 1. The lowest BCUT2D eigenvalue weighted by atomic mass is 10.0. The van der Waals surface area contributed by atoms with Gasteiger partial charge >= 0.3 is 24.1 Å². The molecule has 1 amide bonds. The molecule has 168 valence electrons. The molecule has 0 radical (unpaired) electrons. The molecular formula is C20H17F3N4O5. The molecular weight excluding hydrogens is 433 g/mol. The summed E-state index contributed by atoms with van der Waals surface area (Å²) in [5.74, 6) is -2.18. The van der Waals surface area contributed by atoms with E-state index in [0.717, 1.165) is 0 Å². The van der Waals surface area contributed by atoms with Crippen molar-refractivity contribution < 1.29 is 36.8 Å². The van der Waals surface area contributed by atoms with E-state index in [-0.39, 0.29) is 24.7 Å². The topological polar surface area (TPSA) is 116 Å². The molecule has 2 aromatic heterocycles. The van der Waals surface area contributed by atoms with Crippen molar-refractivity contribution in [1.82, 2.24) is 20.4 Å². The number of rotatable bonds is 6. The van der Waals surface area contributed by atoms with Crippen LogP contribution in [0.4, 0.5) is 18.0 Å². The molecule has 0 aliphatic rings. The second kappa shape index (κ2) is 9.45. The van der Waals surface area contributed by atoms with Crippen LogP contribution in [0.5, 0.6) is 0 Å². The first-order valence-electron chi connectivity index (χ1n) is 9.12. The smallest absolute Gasteiger partial charge is 0.464 e. The Balaban J connectivity index is 1.53. The molecule has 12 heteroatoms. The van der Waals surface area contributed by atoms with Gasteiger partial charge in [0.15, 0.2) is 0 Å². The largest absolute Gasteiger partial charge is 0.471 e. The standard InChI is InChI=1S/C20H17F3N4O5/c1-11-7-13(16-26-18(32-27-16)20(21,22)23)4-5-14(11)9-25-19(29)31-10-12-3-6-15(24-8-12)17(28)30-2/h3-8H,9-10H2,1-2H3,(H,25,29). The van der Waals surface area contributed by atoms with Gasteiger partial charge in [0.1, 0.15) is 12.3 Å². The zero-order valence-electron chi connectivity index (χ0n) is 16.9. The molecule has 2 heterocycles. The minimum atomic E-state index is -4.72. The normalized spacial score (nSPS) is 11.2. The van der Waals surface area contributed by atoms with Crippen LogP contribution < -0.4 is 5.32 Å². The summed E-state index contributed by atoms with van der Waals surface area (Å²) in [5.41, 5.74) is 2.47. The van der Waals surface area contributed by atoms with E-state index in [1.165, 1.54) is 25.4 Å². The van der Waals surface area contributed by atoms with Gasteiger partial charge in [-0.3, -0.25) is 0 Å². The summed E-state index contributed by atoms with van der Waals surface area (Å²) >= 11 is 0. The molecule has 0 unspecified atom stereocenters. The van der Waals surface area contributed by atoms with Gasteiger partial charge in [0.05, 0.1) is 7.11 Å². The number of methoxy groups -OCH3 is 1. The molecule has 1 aromatic carbocycles. The van der Waals surface area contributed by atoms with Crippen LogP contribution in [-0.2, 0) is 28.8 Å². The van der Waals surface area contributed by atoms with E-state index < -0.39 is 24.1 Å². The summed E-state index contributed by atoms with van der Waals surface area (Å²) in [6.45, 7) is 1.80. The number of esters is 1. The number of alkyl carbamates (subject to hydrolysis) is 1. The number of amides is 1. The van der Waals surface area contributed by atoms with Crippen molar-refractivity contribution in [3.63, 3.8) is 0 Å². The molecule has 0 atom stereocenters. The second-order valence-electron chi connectivity index (χ2n) is 6.54. The van der Waals surface area contributed by atoms with Gasteiger partial charge in [0, 0.05) is 23.9 Å². The number of carbonyl (C=O) groups excluding carboxylic acids is 2. The average Bonchev–Trinajstić information content (AvgIpc) is 3.27. The van der Waals surface area contributed by atoms with E-state index in [9.17, 15) is 22.8 Å². The lowest BCUT2D eigenvalue weighted by Crippen LogP contribution is -2.24. The molecule has 0 fully saturated rings. The van der Waals surface area contributed by atoms with Crippen LogP contribution in [0.25, 0.3) is 11.4 Å². The second-order valence-corrected chi connectivity index (χ2v) is 6.54. The Hall–Kier alpha value is -3.96. The first kappa shape index (κ1) is 22.7. The number of hydrogen-bond acceptors (Lipinski definition) is 8. The highest BCUT2D eigenvalue weighted by atomic mass is 19.4. The third-order valence-electron chi connectivity index (χ3n) is 4.28. The van der Waals surface area contributed by atoms with Crippen molar-refractivity contribution in [2.75, 3.05) is 7.11 Å². The Morgan fingerprint density at radius 2 is 1.97 bits per heavy atom. The SMILES string of the molecule is COC(=O)c1ccc(COC(=O)NCc2ccc(-c3noc(C(F)(F)F)n3)cc2C)cn1. The third kappa shape index (κ3) is 5.59. The molecule has 0 aliphatic carbocycles. The Kier molecular flexibility index (Phi) is 6.71. The van der Waals surface area contributed by atoms with E-state index in [1.807, 2.05) is 0 Å². The molecule has 32 heavy (non-hydrogen) atoms. The number of halogens is 3. The summed E-state index contributed by atoms with van der Waals surface area (Å²) in [5, 5.41) is 5.92. The first-order chi connectivity index (χ1) is 15.2. The number of nitrogens with one attached hydrogen (secondary N) is 1. The van der Waals surface area contributed by atoms with E-state index in [2.05, 4.69) is 29.7 Å². The van der Waals surface area contributed by atoms with Crippen molar-refractivity contribution in [3.05, 3.63) is 64.8 Å². The molecule has 0 saturated carbocycles. The summed E-state index contributed by atoms with van der Waals surface area (Å²) in [4.78, 5) is 30.5. The van der Waals surface area contributed by atoms with Crippen LogP contribution in [0.2, 0.25) is 0 Å². The highest BCUT2D eigenvalue weighted by Crippen LogP contribution is 2.29. The molecule has 0 saturated heterocycles. The predicted octanol–water partition coefficient (Wildman–Crippen LogP) is 3.67. The number of hydrogen-bond donors (Lipinski definition) is 1. The molecule has 3 rings (SSSR count). The Morgan fingerprint density at radius 1 is 1.19 bits per heavy atom. The Labute approximate surface area is 179 Å². The van der Waals surface area contributed by atoms with Crippen LogP contribution in [0, 0.1) is 6.92 Å². The van der Waals surface area contributed by atoms with Gasteiger partial charge in [0.2, 0.25) is 5.82 Å². The van der Waals surface area contributed by atoms with Crippen LogP contribution in [-0.4, -0.2) is 34.3 Å². The molecule has 0 aliphatic heterocycles. The number of ether oxygens (including phenoxy) is 2. The number of carbonyl (C=O) groups is 2. The summed E-state index contributed by atoms with van der Waals surface area (Å²) in [6, 6.07) is 7.77. The monoisotopic (exact) mass is 450 g/mol. The van der Waals surface area contributed by atoms with Gasteiger partial charge < -0.3 is 19.3 Å². The fourth-order valence-electron chi connectivity index (χ4n) is 2.59. The maximum atomic E-state index is 12.6. The Bertz CT molecular complexity index is 1110. The van der Waals surface area contributed by atoms with Crippen molar-refractivity contribution in [3.8, 4) is 11.4 Å². The first-order valence-corrected chi connectivity index (χ1v) is 9.12. The molecule has 9 nitrogen and oxygen atoms in total. The van der Waals surface area contributed by atoms with E-state index in [1.54, 1.807) is 25.1 Å². The van der Waals surface area contributed by atoms with Gasteiger partial charge in [0.25, 0.3) is 0 Å². The number of pyridine rings is 1. The van der Waals surface area contributed by atoms with Crippen LogP contribution in [0.3, 0.4) is 0 Å². The number of alkyl halides is 3. The molecule has 0 spiro atoms. The zero-order valence-corrected chi connectivity index (χ0v) is 16.9. The zero-order chi connectivity index (χ0) is 23.3. The van der Waals surface area contributed by atoms with E-state index in [4.69, 9.17) is 4.74 Å². The maximum absolute atomic E-state index is 12.6. The fourth-order valence-corrected chi connectivity index (χ4v) is 2.59. The van der Waals surface area contributed by atoms with Crippen LogP contribution in [0.15, 0.2) is 41.1 Å². The third-order valence-corrected chi connectivity index (χ3v) is 4.28. The summed E-state index contributed by atoms with van der Waals surface area (Å²) < 4.78 is 51.7. The maximum Gasteiger partial charge on any atom is 0.471 e. The van der Waals surface area contributed by atoms with Crippen molar-refractivity contribution in [1.29, 1.82) is 0 Å². The highest BCUT2D eigenvalue weighted by molar-refractivity contribution is 5.86. The molecule has 1 N–H and O–H groups in total. The quantitative estimate of drug-likeness (QED) is 0.566. The van der Waals surface area contributed by atoms with Crippen molar-refractivity contribution >= 4 is 12.1 Å². The fraction of sp³-hybridized carbons (Fsp3) is 0.250. The average molecular weight is 450 g/mol. The summed E-state index contributed by atoms with van der Waals surface area (Å²) in [6.07, 6.45) is -4.01. The lowest BCUT2D eigenvalue weighted by molar-refractivity contribution is -0.159. The van der Waals surface area contributed by atoms with Crippen molar-refractivity contribution in [2.45, 2.75) is 26.3 Å².